The second-order valence-corrected chi connectivity index (χ2v) is 7.98. The molecule has 1 aromatic heterocycles. The lowest BCUT2D eigenvalue weighted by Gasteiger charge is -2.12. The number of Topliss-reactive ketones (excluding diaryl/α,β-unsaturated/α-hetero) is 1. The number of esters is 1. The Kier molecular flexibility index (Phi) is 9.16. The fourth-order valence-corrected chi connectivity index (χ4v) is 3.68. The molecule has 3 aromatic rings. The summed E-state index contributed by atoms with van der Waals surface area (Å²) in [6.45, 7) is 1.99. The van der Waals surface area contributed by atoms with Crippen LogP contribution in [0.4, 0.5) is 5.69 Å². The van der Waals surface area contributed by atoms with Gasteiger partial charge in [-0.2, -0.15) is 0 Å². The molecule has 0 unspecified atom stereocenters. The first-order valence-corrected chi connectivity index (χ1v) is 11.7. The maximum absolute atomic E-state index is 12.5. The van der Waals surface area contributed by atoms with Gasteiger partial charge in [0.15, 0.2) is 12.4 Å². The number of benzene rings is 2. The maximum atomic E-state index is 12.5. The van der Waals surface area contributed by atoms with Gasteiger partial charge in [-0.15, -0.1) is 11.8 Å². The van der Waals surface area contributed by atoms with Gasteiger partial charge in [0.2, 0.25) is 5.91 Å². The molecular weight excluding hydrogens is 458 g/mol. The SMILES string of the molecule is CCOc1ccc(C(=O)COC(=O)c2ccc(OC)c(NC(=O)CSCc3ccco3)c2)cc1. The summed E-state index contributed by atoms with van der Waals surface area (Å²) < 4.78 is 21.0. The maximum Gasteiger partial charge on any atom is 0.338 e. The highest BCUT2D eigenvalue weighted by Gasteiger charge is 2.16. The van der Waals surface area contributed by atoms with Crippen molar-refractivity contribution >= 4 is 35.1 Å². The fraction of sp³-hybridized carbons (Fsp3) is 0.240. The van der Waals surface area contributed by atoms with Gasteiger partial charge < -0.3 is 23.9 Å². The van der Waals surface area contributed by atoms with E-state index in [1.807, 2.05) is 13.0 Å². The van der Waals surface area contributed by atoms with Gasteiger partial charge in [-0.3, -0.25) is 9.59 Å². The van der Waals surface area contributed by atoms with Crippen LogP contribution in [-0.2, 0) is 15.3 Å². The number of carbonyl (C=O) groups excluding carboxylic acids is 3. The molecular formula is C25H25NO7S. The molecule has 0 atom stereocenters. The smallest absolute Gasteiger partial charge is 0.338 e. The Morgan fingerprint density at radius 1 is 1.03 bits per heavy atom. The van der Waals surface area contributed by atoms with Gasteiger partial charge in [-0.25, -0.2) is 4.79 Å². The summed E-state index contributed by atoms with van der Waals surface area (Å²) in [7, 11) is 1.46. The van der Waals surface area contributed by atoms with E-state index in [0.29, 0.717) is 35.1 Å². The highest BCUT2D eigenvalue weighted by atomic mass is 32.2. The van der Waals surface area contributed by atoms with Crippen LogP contribution < -0.4 is 14.8 Å². The second kappa shape index (κ2) is 12.5. The number of carbonyl (C=O) groups is 3. The van der Waals surface area contributed by atoms with E-state index in [4.69, 9.17) is 18.6 Å². The Morgan fingerprint density at radius 2 is 1.79 bits per heavy atom. The van der Waals surface area contributed by atoms with Gasteiger partial charge in [0.05, 0.1) is 42.7 Å². The molecule has 0 saturated heterocycles. The zero-order valence-electron chi connectivity index (χ0n) is 18.9. The third-order valence-corrected chi connectivity index (χ3v) is 5.54. The lowest BCUT2D eigenvalue weighted by molar-refractivity contribution is -0.113. The minimum absolute atomic E-state index is 0.179. The lowest BCUT2D eigenvalue weighted by Crippen LogP contribution is -2.17. The number of anilines is 1. The van der Waals surface area contributed by atoms with Crippen molar-refractivity contribution in [3.8, 4) is 11.5 Å². The number of amides is 1. The molecule has 8 nitrogen and oxygen atoms in total. The van der Waals surface area contributed by atoms with Crippen molar-refractivity contribution in [2.75, 3.05) is 31.4 Å². The molecule has 0 radical (unpaired) electrons. The number of rotatable bonds is 12. The number of ketones is 1. The molecule has 0 aliphatic rings. The van der Waals surface area contributed by atoms with E-state index in [1.54, 1.807) is 42.7 Å². The van der Waals surface area contributed by atoms with Crippen molar-refractivity contribution in [1.82, 2.24) is 0 Å². The van der Waals surface area contributed by atoms with Gasteiger partial charge in [-0.1, -0.05) is 0 Å². The van der Waals surface area contributed by atoms with Crippen LogP contribution in [0.3, 0.4) is 0 Å². The van der Waals surface area contributed by atoms with Crippen LogP contribution in [0.25, 0.3) is 0 Å². The van der Waals surface area contributed by atoms with Crippen molar-refractivity contribution < 1.29 is 33.0 Å². The molecule has 0 fully saturated rings. The second-order valence-electron chi connectivity index (χ2n) is 6.99. The van der Waals surface area contributed by atoms with Crippen LogP contribution in [0.15, 0.2) is 65.3 Å². The number of ether oxygens (including phenoxy) is 3. The largest absolute Gasteiger partial charge is 0.495 e. The molecule has 0 bridgehead atoms. The van der Waals surface area contributed by atoms with Crippen molar-refractivity contribution in [2.45, 2.75) is 12.7 Å². The lowest BCUT2D eigenvalue weighted by atomic mass is 10.1. The molecule has 178 valence electrons. The summed E-state index contributed by atoms with van der Waals surface area (Å²) in [5.74, 6) is 1.29. The van der Waals surface area contributed by atoms with E-state index in [9.17, 15) is 14.4 Å². The number of nitrogens with one attached hydrogen (secondary N) is 1. The topological polar surface area (TPSA) is 104 Å². The standard InChI is InChI=1S/C25H25NO7S/c1-3-31-19-9-6-17(7-10-19)22(27)14-33-25(29)18-8-11-23(30-2)21(13-18)26-24(28)16-34-15-20-5-4-12-32-20/h4-13H,3,14-16H2,1-2H3,(H,26,28). The first-order chi connectivity index (χ1) is 16.5. The molecule has 0 saturated carbocycles. The molecule has 0 aliphatic carbocycles. The zero-order valence-corrected chi connectivity index (χ0v) is 19.7. The van der Waals surface area contributed by atoms with Gasteiger partial charge >= 0.3 is 5.97 Å². The van der Waals surface area contributed by atoms with Crippen LogP contribution in [-0.4, -0.2) is 43.7 Å². The molecule has 1 N–H and O–H groups in total. The minimum Gasteiger partial charge on any atom is -0.495 e. The third-order valence-electron chi connectivity index (χ3n) is 4.59. The first-order valence-electron chi connectivity index (χ1n) is 10.5. The molecule has 2 aromatic carbocycles. The monoisotopic (exact) mass is 483 g/mol. The van der Waals surface area contributed by atoms with Gasteiger partial charge in [0.25, 0.3) is 0 Å². The summed E-state index contributed by atoms with van der Waals surface area (Å²) in [6.07, 6.45) is 1.58. The average Bonchev–Trinajstić information content (AvgIpc) is 3.36. The molecule has 9 heteroatoms. The highest BCUT2D eigenvalue weighted by molar-refractivity contribution is 7.99. The molecule has 1 amide bonds. The number of hydrogen-bond acceptors (Lipinski definition) is 8. The van der Waals surface area contributed by atoms with E-state index < -0.39 is 12.6 Å². The molecule has 34 heavy (non-hydrogen) atoms. The minimum atomic E-state index is -0.690. The Labute approximate surface area is 201 Å². The van der Waals surface area contributed by atoms with E-state index in [-0.39, 0.29) is 23.0 Å². The van der Waals surface area contributed by atoms with Crippen molar-refractivity contribution in [3.05, 3.63) is 77.7 Å². The predicted octanol–water partition coefficient (Wildman–Crippen LogP) is 4.60. The number of hydrogen-bond donors (Lipinski definition) is 1. The van der Waals surface area contributed by atoms with Crippen molar-refractivity contribution in [3.63, 3.8) is 0 Å². The average molecular weight is 484 g/mol. The first kappa shape index (κ1) is 24.9. The van der Waals surface area contributed by atoms with Crippen LogP contribution >= 0.6 is 11.8 Å². The number of thioether (sulfide) groups is 1. The van der Waals surface area contributed by atoms with Crippen LogP contribution in [0.1, 0.15) is 33.4 Å². The highest BCUT2D eigenvalue weighted by Crippen LogP contribution is 2.26. The van der Waals surface area contributed by atoms with Crippen LogP contribution in [0, 0.1) is 0 Å². The quantitative estimate of drug-likeness (QED) is 0.294. The fourth-order valence-electron chi connectivity index (χ4n) is 2.96. The van der Waals surface area contributed by atoms with E-state index in [0.717, 1.165) is 5.76 Å². The summed E-state index contributed by atoms with van der Waals surface area (Å²) in [5, 5.41) is 2.74. The Balaban J connectivity index is 1.56. The summed E-state index contributed by atoms with van der Waals surface area (Å²) in [6, 6.07) is 14.7. The van der Waals surface area contributed by atoms with Crippen molar-refractivity contribution in [2.24, 2.45) is 0 Å². The zero-order chi connectivity index (χ0) is 24.3. The summed E-state index contributed by atoms with van der Waals surface area (Å²) in [4.78, 5) is 37.2. The summed E-state index contributed by atoms with van der Waals surface area (Å²) >= 11 is 1.39. The summed E-state index contributed by atoms with van der Waals surface area (Å²) in [5.41, 5.74) is 0.920. The Morgan fingerprint density at radius 3 is 2.47 bits per heavy atom. The van der Waals surface area contributed by atoms with E-state index >= 15 is 0 Å². The van der Waals surface area contributed by atoms with Crippen molar-refractivity contribution in [1.29, 1.82) is 0 Å². The Bertz CT molecular complexity index is 1110. The molecule has 0 spiro atoms. The third kappa shape index (κ3) is 7.14. The van der Waals surface area contributed by atoms with E-state index in [1.165, 1.54) is 31.0 Å². The van der Waals surface area contributed by atoms with Gasteiger partial charge in [0, 0.05) is 5.56 Å². The predicted molar refractivity (Wildman–Crippen MR) is 129 cm³/mol. The van der Waals surface area contributed by atoms with Gasteiger partial charge in [-0.05, 0) is 61.5 Å². The van der Waals surface area contributed by atoms with Crippen LogP contribution in [0.5, 0.6) is 11.5 Å². The number of furan rings is 1. The molecule has 0 aliphatic heterocycles. The Hall–Kier alpha value is -3.72. The van der Waals surface area contributed by atoms with Gasteiger partial charge in [0.1, 0.15) is 17.3 Å². The normalized spacial score (nSPS) is 10.4. The molecule has 1 heterocycles. The van der Waals surface area contributed by atoms with E-state index in [2.05, 4.69) is 5.32 Å². The number of methoxy groups -OCH3 is 1. The van der Waals surface area contributed by atoms with Crippen LogP contribution in [0.2, 0.25) is 0 Å². The molecule has 3 rings (SSSR count).